The minimum atomic E-state index is -0.724. The van der Waals surface area contributed by atoms with Crippen LogP contribution in [0.3, 0.4) is 0 Å². The fourth-order valence-electron chi connectivity index (χ4n) is 4.34. The molecular formula is C29H56O4. The van der Waals surface area contributed by atoms with Crippen LogP contribution in [0.2, 0.25) is 0 Å². The highest BCUT2D eigenvalue weighted by atomic mass is 16.5. The van der Waals surface area contributed by atoms with E-state index in [-0.39, 0.29) is 12.4 Å². The van der Waals surface area contributed by atoms with Crippen LogP contribution in [-0.4, -0.2) is 23.7 Å². The summed E-state index contributed by atoms with van der Waals surface area (Å²) in [5.74, 6) is -0.800. The average molecular weight is 469 g/mol. The van der Waals surface area contributed by atoms with Crippen molar-refractivity contribution in [3.63, 3.8) is 0 Å². The number of rotatable bonds is 27. The summed E-state index contributed by atoms with van der Waals surface area (Å²) in [5, 5.41) is 8.58. The van der Waals surface area contributed by atoms with Gasteiger partial charge < -0.3 is 9.84 Å². The maximum atomic E-state index is 11.7. The molecule has 0 aromatic rings. The molecule has 0 radical (unpaired) electrons. The largest absolute Gasteiger partial charge is 0.481 e. The predicted octanol–water partition coefficient (Wildman–Crippen LogP) is 9.39. The Bertz CT molecular complexity index is 422. The van der Waals surface area contributed by atoms with Gasteiger partial charge in [-0.2, -0.15) is 0 Å². The van der Waals surface area contributed by atoms with Crippen molar-refractivity contribution in [3.8, 4) is 0 Å². The molecule has 0 heterocycles. The van der Waals surface area contributed by atoms with E-state index in [1.165, 1.54) is 103 Å². The molecule has 0 aromatic carbocycles. The zero-order valence-electron chi connectivity index (χ0n) is 22.1. The third-order valence-corrected chi connectivity index (χ3v) is 6.53. The summed E-state index contributed by atoms with van der Waals surface area (Å²) in [6.07, 6.45) is 29.8. The monoisotopic (exact) mass is 468 g/mol. The average Bonchev–Trinajstić information content (AvgIpc) is 2.79. The summed E-state index contributed by atoms with van der Waals surface area (Å²) in [7, 11) is 0. The Morgan fingerprint density at radius 3 is 1.21 bits per heavy atom. The van der Waals surface area contributed by atoms with E-state index < -0.39 is 5.97 Å². The van der Waals surface area contributed by atoms with E-state index in [0.29, 0.717) is 13.0 Å². The van der Waals surface area contributed by atoms with Gasteiger partial charge in [0.2, 0.25) is 0 Å². The van der Waals surface area contributed by atoms with Gasteiger partial charge in [-0.3, -0.25) is 9.59 Å². The molecule has 0 aliphatic carbocycles. The van der Waals surface area contributed by atoms with Gasteiger partial charge in [-0.25, -0.2) is 0 Å². The number of carboxylic acid groups (broad SMARTS) is 1. The van der Waals surface area contributed by atoms with E-state index >= 15 is 0 Å². The van der Waals surface area contributed by atoms with Crippen molar-refractivity contribution in [1.29, 1.82) is 0 Å². The molecule has 0 aliphatic rings. The van der Waals surface area contributed by atoms with E-state index in [1.54, 1.807) is 0 Å². The molecule has 1 N–H and O–H groups in total. The maximum absolute atomic E-state index is 11.7. The number of aliphatic carboxylic acids is 1. The number of ether oxygens (including phenoxy) is 1. The normalized spacial score (nSPS) is 11.1. The Balaban J connectivity index is 3.13. The number of carbonyl (C=O) groups is 2. The summed E-state index contributed by atoms with van der Waals surface area (Å²) >= 11 is 0. The van der Waals surface area contributed by atoms with Crippen molar-refractivity contribution >= 4 is 11.9 Å². The number of hydrogen-bond donors (Lipinski definition) is 1. The first kappa shape index (κ1) is 31.9. The number of carboxylic acids is 1. The van der Waals surface area contributed by atoms with Crippen LogP contribution < -0.4 is 0 Å². The first-order chi connectivity index (χ1) is 16.2. The zero-order chi connectivity index (χ0) is 24.2. The Morgan fingerprint density at radius 2 is 0.818 bits per heavy atom. The van der Waals surface area contributed by atoms with Crippen molar-refractivity contribution in [2.24, 2.45) is 0 Å². The van der Waals surface area contributed by atoms with Gasteiger partial charge in [-0.05, 0) is 19.3 Å². The topological polar surface area (TPSA) is 63.6 Å². The second-order valence-electron chi connectivity index (χ2n) is 9.89. The van der Waals surface area contributed by atoms with E-state index in [9.17, 15) is 9.59 Å². The summed E-state index contributed by atoms with van der Waals surface area (Å²) in [6, 6.07) is 0. The molecule has 196 valence electrons. The third kappa shape index (κ3) is 28.9. The van der Waals surface area contributed by atoms with Crippen LogP contribution >= 0.6 is 0 Å². The molecule has 0 unspecified atom stereocenters. The molecule has 0 bridgehead atoms. The van der Waals surface area contributed by atoms with Gasteiger partial charge in [0.25, 0.3) is 0 Å². The highest BCUT2D eigenvalue weighted by molar-refractivity contribution is 5.69. The maximum Gasteiger partial charge on any atom is 0.305 e. The van der Waals surface area contributed by atoms with Gasteiger partial charge in [0.05, 0.1) is 6.61 Å². The quantitative estimate of drug-likeness (QED) is 0.0963. The summed E-state index contributed by atoms with van der Waals surface area (Å²) in [5.41, 5.74) is 0. The van der Waals surface area contributed by atoms with E-state index in [2.05, 4.69) is 6.92 Å². The number of unbranched alkanes of at least 4 members (excludes halogenated alkanes) is 21. The SMILES string of the molecule is CCCCCCCCCCCCCCCCCCCCOC(=O)CCCCCCCC(=O)O. The van der Waals surface area contributed by atoms with Crippen molar-refractivity contribution in [3.05, 3.63) is 0 Å². The fraction of sp³-hybridized carbons (Fsp3) is 0.931. The van der Waals surface area contributed by atoms with Gasteiger partial charge in [0.1, 0.15) is 0 Å². The van der Waals surface area contributed by atoms with Crippen LogP contribution in [0, 0.1) is 0 Å². The molecule has 0 rings (SSSR count). The lowest BCUT2D eigenvalue weighted by Crippen LogP contribution is -2.05. The Labute approximate surface area is 205 Å². The van der Waals surface area contributed by atoms with Gasteiger partial charge >= 0.3 is 11.9 Å². The lowest BCUT2D eigenvalue weighted by molar-refractivity contribution is -0.144. The van der Waals surface area contributed by atoms with Crippen LogP contribution in [0.1, 0.15) is 167 Å². The highest BCUT2D eigenvalue weighted by Gasteiger charge is 2.03. The summed E-state index contributed by atoms with van der Waals surface area (Å²) in [4.78, 5) is 22.1. The molecule has 0 fully saturated rings. The molecule has 0 amide bonds. The summed E-state index contributed by atoms with van der Waals surface area (Å²) in [6.45, 7) is 2.85. The lowest BCUT2D eigenvalue weighted by atomic mass is 10.0. The second kappa shape index (κ2) is 27.2. The molecule has 0 aromatic heterocycles. The van der Waals surface area contributed by atoms with Gasteiger partial charge in [-0.1, -0.05) is 135 Å². The van der Waals surface area contributed by atoms with E-state index in [0.717, 1.165) is 44.9 Å². The molecular weight excluding hydrogens is 412 g/mol. The van der Waals surface area contributed by atoms with Gasteiger partial charge in [0, 0.05) is 12.8 Å². The van der Waals surface area contributed by atoms with Crippen LogP contribution in [0.25, 0.3) is 0 Å². The Kier molecular flexibility index (Phi) is 26.3. The zero-order valence-corrected chi connectivity index (χ0v) is 22.1. The Hall–Kier alpha value is -1.06. The standard InChI is InChI=1S/C29H56O4/c1-2-3-4-5-6-7-8-9-10-11-12-13-14-15-16-17-21-24-27-33-29(32)26-23-20-18-19-22-25-28(30)31/h2-27H2,1H3,(H,30,31). The first-order valence-corrected chi connectivity index (χ1v) is 14.5. The lowest BCUT2D eigenvalue weighted by Gasteiger charge is -2.05. The van der Waals surface area contributed by atoms with Crippen LogP contribution in [0.15, 0.2) is 0 Å². The van der Waals surface area contributed by atoms with Crippen molar-refractivity contribution in [2.45, 2.75) is 167 Å². The van der Waals surface area contributed by atoms with Crippen LogP contribution in [-0.2, 0) is 14.3 Å². The van der Waals surface area contributed by atoms with Crippen molar-refractivity contribution in [2.75, 3.05) is 6.61 Å². The molecule has 33 heavy (non-hydrogen) atoms. The molecule has 0 spiro atoms. The molecule has 0 atom stereocenters. The molecule has 4 heteroatoms. The van der Waals surface area contributed by atoms with E-state index in [4.69, 9.17) is 9.84 Å². The molecule has 4 nitrogen and oxygen atoms in total. The van der Waals surface area contributed by atoms with E-state index in [1.807, 2.05) is 0 Å². The molecule has 0 saturated carbocycles. The fourth-order valence-corrected chi connectivity index (χ4v) is 4.34. The minimum Gasteiger partial charge on any atom is -0.481 e. The smallest absolute Gasteiger partial charge is 0.305 e. The highest BCUT2D eigenvalue weighted by Crippen LogP contribution is 2.14. The Morgan fingerprint density at radius 1 is 0.485 bits per heavy atom. The third-order valence-electron chi connectivity index (χ3n) is 6.53. The summed E-state index contributed by atoms with van der Waals surface area (Å²) < 4.78 is 5.31. The molecule has 0 aliphatic heterocycles. The predicted molar refractivity (Wildman–Crippen MR) is 140 cm³/mol. The van der Waals surface area contributed by atoms with Gasteiger partial charge in [0.15, 0.2) is 0 Å². The van der Waals surface area contributed by atoms with Crippen molar-refractivity contribution in [1.82, 2.24) is 0 Å². The number of esters is 1. The molecule has 0 saturated heterocycles. The van der Waals surface area contributed by atoms with Crippen LogP contribution in [0.4, 0.5) is 0 Å². The number of carbonyl (C=O) groups excluding carboxylic acids is 1. The number of hydrogen-bond acceptors (Lipinski definition) is 3. The van der Waals surface area contributed by atoms with Crippen LogP contribution in [0.5, 0.6) is 0 Å². The minimum absolute atomic E-state index is 0.0764. The van der Waals surface area contributed by atoms with Gasteiger partial charge in [-0.15, -0.1) is 0 Å². The second-order valence-corrected chi connectivity index (χ2v) is 9.89. The van der Waals surface area contributed by atoms with Crippen molar-refractivity contribution < 1.29 is 19.4 Å². The first-order valence-electron chi connectivity index (χ1n) is 14.5.